The topological polar surface area (TPSA) is 59.0 Å². The molecule has 0 spiro atoms. The van der Waals surface area contributed by atoms with Gasteiger partial charge >= 0.3 is 0 Å². The van der Waals surface area contributed by atoms with Gasteiger partial charge in [0.25, 0.3) is 0 Å². The minimum Gasteiger partial charge on any atom is -0.508 e. The molecule has 2 heterocycles. The number of nitrogens with zero attached hydrogens (tertiary/aromatic N) is 1. The van der Waals surface area contributed by atoms with Gasteiger partial charge < -0.3 is 14.6 Å². The Kier molecular flexibility index (Phi) is 7.63. The van der Waals surface area contributed by atoms with Gasteiger partial charge in [-0.3, -0.25) is 14.1 Å². The third kappa shape index (κ3) is 5.51. The van der Waals surface area contributed by atoms with Crippen molar-refractivity contribution in [1.82, 2.24) is 4.90 Å². The van der Waals surface area contributed by atoms with Gasteiger partial charge in [0.1, 0.15) is 34.0 Å². The van der Waals surface area contributed by atoms with Crippen LogP contribution < -0.4 is 9.47 Å². The number of ether oxygens (including phenoxy) is 2. The van der Waals surface area contributed by atoms with E-state index in [1.165, 1.54) is 23.5 Å². The lowest BCUT2D eigenvalue weighted by Gasteiger charge is -2.16. The Morgan fingerprint density at radius 1 is 1.08 bits per heavy atom. The number of phenolic OH excluding ortho intramolecular Hbond substituents is 1. The van der Waals surface area contributed by atoms with Crippen molar-refractivity contribution < 1.29 is 28.2 Å². The summed E-state index contributed by atoms with van der Waals surface area (Å²) in [5, 5.41) is 10.7. The second-order valence-corrected chi connectivity index (χ2v) is 10.7. The van der Waals surface area contributed by atoms with Crippen molar-refractivity contribution in [2.75, 3.05) is 26.3 Å². The number of phenols is 1. The van der Waals surface area contributed by atoms with Crippen molar-refractivity contribution in [3.63, 3.8) is 0 Å². The molecule has 4 aromatic rings. The number of rotatable bonds is 9. The number of halogens is 2. The molecule has 0 aliphatic carbocycles. The Morgan fingerprint density at radius 2 is 1.79 bits per heavy atom. The number of aromatic hydroxyl groups is 1. The number of aryl methyl sites for hydroxylation is 2. The van der Waals surface area contributed by atoms with Crippen molar-refractivity contribution in [2.24, 2.45) is 0 Å². The molecule has 8 heteroatoms. The number of thiophene rings is 1. The first-order chi connectivity index (χ1) is 18.3. The van der Waals surface area contributed by atoms with Crippen LogP contribution in [0.25, 0.3) is 10.1 Å². The second kappa shape index (κ2) is 11.1. The van der Waals surface area contributed by atoms with Crippen LogP contribution in [0.3, 0.4) is 0 Å². The van der Waals surface area contributed by atoms with Gasteiger partial charge in [0.15, 0.2) is 5.75 Å². The van der Waals surface area contributed by atoms with Gasteiger partial charge in [0.05, 0.1) is 6.67 Å². The molecule has 1 fully saturated rings. The minimum absolute atomic E-state index is 0.0567. The Morgan fingerprint density at radius 3 is 2.50 bits per heavy atom. The van der Waals surface area contributed by atoms with E-state index in [0.29, 0.717) is 55.3 Å². The summed E-state index contributed by atoms with van der Waals surface area (Å²) in [6.45, 7) is 5.54. The molecule has 38 heavy (non-hydrogen) atoms. The van der Waals surface area contributed by atoms with Crippen LogP contribution in [-0.4, -0.2) is 48.2 Å². The first kappa shape index (κ1) is 26.1. The number of carbonyl (C=O) groups excluding carboxylic acids is 1. The molecule has 0 bridgehead atoms. The first-order valence-corrected chi connectivity index (χ1v) is 13.4. The van der Waals surface area contributed by atoms with Crippen LogP contribution in [0.1, 0.15) is 39.2 Å². The number of ketones is 1. The third-order valence-corrected chi connectivity index (χ3v) is 7.87. The molecule has 0 amide bonds. The standard InChI is InChI=1S/C30H29F2NO4S/c1-18-14-20(32)15-19(2)27(18)28(35)30-29(25-9-4-21(34)16-26(25)38-30)37-23-7-5-22(6-8-23)36-24-10-13-33(17-24)12-3-11-31/h4-9,14-16,24,34H,3,10-13,17H2,1-2H3. The van der Waals surface area contributed by atoms with Gasteiger partial charge in [-0.05, 0) is 92.4 Å². The fourth-order valence-electron chi connectivity index (χ4n) is 4.97. The van der Waals surface area contributed by atoms with Crippen LogP contribution in [0.5, 0.6) is 23.0 Å². The van der Waals surface area contributed by atoms with E-state index in [4.69, 9.17) is 9.47 Å². The van der Waals surface area contributed by atoms with Crippen molar-refractivity contribution in [2.45, 2.75) is 32.8 Å². The van der Waals surface area contributed by atoms with Crippen molar-refractivity contribution in [3.05, 3.63) is 82.0 Å². The number of likely N-dealkylation sites (tertiary alicyclic amines) is 1. The number of hydrogen-bond acceptors (Lipinski definition) is 6. The largest absolute Gasteiger partial charge is 0.508 e. The Balaban J connectivity index is 1.40. The lowest BCUT2D eigenvalue weighted by Crippen LogP contribution is -2.26. The Bertz CT molecular complexity index is 1440. The van der Waals surface area contributed by atoms with E-state index < -0.39 is 0 Å². The van der Waals surface area contributed by atoms with E-state index >= 15 is 0 Å². The molecule has 5 nitrogen and oxygen atoms in total. The molecule has 3 aromatic carbocycles. The zero-order valence-corrected chi connectivity index (χ0v) is 22.1. The molecule has 1 N–H and O–H groups in total. The molecule has 198 valence electrons. The van der Waals surface area contributed by atoms with E-state index in [0.717, 1.165) is 26.1 Å². The summed E-state index contributed by atoms with van der Waals surface area (Å²) in [6.07, 6.45) is 1.49. The Hall–Kier alpha value is -3.49. The van der Waals surface area contributed by atoms with Crippen molar-refractivity contribution >= 4 is 27.2 Å². The molecular formula is C30H29F2NO4S. The second-order valence-electron chi connectivity index (χ2n) is 9.63. The Labute approximate surface area is 224 Å². The normalized spacial score (nSPS) is 15.7. The molecular weight excluding hydrogens is 508 g/mol. The smallest absolute Gasteiger partial charge is 0.207 e. The molecule has 1 aliphatic rings. The van der Waals surface area contributed by atoms with E-state index in [2.05, 4.69) is 4.90 Å². The maximum atomic E-state index is 13.9. The SMILES string of the molecule is Cc1cc(F)cc(C)c1C(=O)c1sc2cc(O)ccc2c1Oc1ccc(OC2CCN(CCCF)C2)cc1. The summed E-state index contributed by atoms with van der Waals surface area (Å²) in [4.78, 5) is 16.3. The zero-order chi connectivity index (χ0) is 26.8. The van der Waals surface area contributed by atoms with E-state index in [9.17, 15) is 18.7 Å². The van der Waals surface area contributed by atoms with Gasteiger partial charge in [-0.2, -0.15) is 0 Å². The molecule has 1 atom stereocenters. The number of carbonyl (C=O) groups is 1. The highest BCUT2D eigenvalue weighted by atomic mass is 32.1. The fraction of sp³-hybridized carbons (Fsp3) is 0.300. The quantitative estimate of drug-likeness (QED) is 0.229. The first-order valence-electron chi connectivity index (χ1n) is 12.6. The lowest BCUT2D eigenvalue weighted by molar-refractivity contribution is 0.103. The van der Waals surface area contributed by atoms with Crippen LogP contribution in [0.15, 0.2) is 54.6 Å². The maximum absolute atomic E-state index is 13.9. The summed E-state index contributed by atoms with van der Waals surface area (Å²) >= 11 is 1.23. The van der Waals surface area contributed by atoms with E-state index in [1.54, 1.807) is 44.2 Å². The summed E-state index contributed by atoms with van der Waals surface area (Å²) in [5.41, 5.74) is 1.54. The van der Waals surface area contributed by atoms with Gasteiger partial charge in [-0.1, -0.05) is 0 Å². The molecule has 1 unspecified atom stereocenters. The molecule has 0 saturated carbocycles. The number of alkyl halides is 1. The van der Waals surface area contributed by atoms with Gasteiger partial charge in [0, 0.05) is 35.3 Å². The summed E-state index contributed by atoms with van der Waals surface area (Å²) in [5.74, 6) is 1.09. The van der Waals surface area contributed by atoms with Crippen LogP contribution >= 0.6 is 11.3 Å². The highest BCUT2D eigenvalue weighted by Gasteiger charge is 2.26. The van der Waals surface area contributed by atoms with Gasteiger partial charge in [-0.15, -0.1) is 11.3 Å². The van der Waals surface area contributed by atoms with Crippen molar-refractivity contribution in [3.8, 4) is 23.0 Å². The zero-order valence-electron chi connectivity index (χ0n) is 21.3. The number of fused-ring (bicyclic) bond motifs is 1. The van der Waals surface area contributed by atoms with Crippen LogP contribution in [0.4, 0.5) is 8.78 Å². The fourth-order valence-corrected chi connectivity index (χ4v) is 6.08. The van der Waals surface area contributed by atoms with E-state index in [-0.39, 0.29) is 30.1 Å². The highest BCUT2D eigenvalue weighted by Crippen LogP contribution is 2.43. The lowest BCUT2D eigenvalue weighted by atomic mass is 9.97. The average Bonchev–Trinajstić information content (AvgIpc) is 3.47. The monoisotopic (exact) mass is 537 g/mol. The molecule has 5 rings (SSSR count). The number of hydrogen-bond donors (Lipinski definition) is 1. The molecule has 1 saturated heterocycles. The summed E-state index contributed by atoms with van der Waals surface area (Å²) in [7, 11) is 0. The molecule has 0 radical (unpaired) electrons. The van der Waals surface area contributed by atoms with Crippen LogP contribution in [0.2, 0.25) is 0 Å². The third-order valence-electron chi connectivity index (χ3n) is 6.74. The molecule has 1 aromatic heterocycles. The summed E-state index contributed by atoms with van der Waals surface area (Å²) in [6, 6.07) is 14.8. The predicted molar refractivity (Wildman–Crippen MR) is 145 cm³/mol. The van der Waals surface area contributed by atoms with Crippen LogP contribution in [-0.2, 0) is 0 Å². The van der Waals surface area contributed by atoms with Gasteiger partial charge in [0.2, 0.25) is 5.78 Å². The van der Waals surface area contributed by atoms with Crippen molar-refractivity contribution in [1.29, 1.82) is 0 Å². The maximum Gasteiger partial charge on any atom is 0.207 e. The number of benzene rings is 3. The van der Waals surface area contributed by atoms with E-state index in [1.807, 2.05) is 12.1 Å². The minimum atomic E-state index is -0.387. The van der Waals surface area contributed by atoms with Gasteiger partial charge in [-0.25, -0.2) is 4.39 Å². The predicted octanol–water partition coefficient (Wildman–Crippen LogP) is 7.20. The average molecular weight is 538 g/mol. The highest BCUT2D eigenvalue weighted by molar-refractivity contribution is 7.21. The van der Waals surface area contributed by atoms with Crippen LogP contribution in [0, 0.1) is 19.7 Å². The molecule has 1 aliphatic heterocycles. The summed E-state index contributed by atoms with van der Waals surface area (Å²) < 4.78 is 39.4.